The van der Waals surface area contributed by atoms with Crippen LogP contribution >= 0.6 is 0 Å². The Kier molecular flexibility index (Phi) is 3.17. The van der Waals surface area contributed by atoms with Gasteiger partial charge in [0, 0.05) is 12.8 Å². The molecule has 18 heavy (non-hydrogen) atoms. The Balaban J connectivity index is 2.24. The van der Waals surface area contributed by atoms with Gasteiger partial charge in [0.1, 0.15) is 0 Å². The van der Waals surface area contributed by atoms with E-state index in [1.165, 1.54) is 0 Å². The molecule has 2 N–H and O–H groups in total. The summed E-state index contributed by atoms with van der Waals surface area (Å²) in [6, 6.07) is 5.62. The van der Waals surface area contributed by atoms with Crippen molar-refractivity contribution in [2.24, 2.45) is 0 Å². The first kappa shape index (κ1) is 12.7. The predicted molar refractivity (Wildman–Crippen MR) is 71.0 cm³/mol. The molecule has 0 amide bonds. The summed E-state index contributed by atoms with van der Waals surface area (Å²) in [5.41, 5.74) is 1.88. The monoisotopic (exact) mass is 250 g/mol. The number of oxazole rings is 1. The number of aromatic nitrogens is 1. The molecule has 1 atom stereocenters. The lowest BCUT2D eigenvalue weighted by molar-refractivity contribution is 0.0107. The van der Waals surface area contributed by atoms with E-state index >= 15 is 0 Å². The number of benzene rings is 1. The van der Waals surface area contributed by atoms with Crippen LogP contribution in [0.25, 0.3) is 11.1 Å². The van der Waals surface area contributed by atoms with Crippen molar-refractivity contribution in [3.05, 3.63) is 28.7 Å². The predicted octanol–water partition coefficient (Wildman–Crippen LogP) is 2.35. The van der Waals surface area contributed by atoms with E-state index in [4.69, 9.17) is 9.15 Å². The van der Waals surface area contributed by atoms with Crippen molar-refractivity contribution in [2.45, 2.75) is 32.4 Å². The van der Waals surface area contributed by atoms with Gasteiger partial charge in [-0.25, -0.2) is 4.79 Å². The maximum atomic E-state index is 11.1. The summed E-state index contributed by atoms with van der Waals surface area (Å²) in [6.07, 6.45) is 0. The number of H-pyrrole nitrogens is 1. The highest BCUT2D eigenvalue weighted by Crippen LogP contribution is 2.21. The maximum absolute atomic E-state index is 11.1. The van der Waals surface area contributed by atoms with Crippen molar-refractivity contribution < 1.29 is 9.15 Å². The van der Waals surface area contributed by atoms with E-state index in [2.05, 4.69) is 10.3 Å². The second-order valence-corrected chi connectivity index (χ2v) is 4.90. The van der Waals surface area contributed by atoms with Gasteiger partial charge in [0.05, 0.1) is 17.2 Å². The highest BCUT2D eigenvalue weighted by atomic mass is 16.5. The highest BCUT2D eigenvalue weighted by molar-refractivity contribution is 5.76. The molecule has 0 aliphatic heterocycles. The first-order valence-electron chi connectivity index (χ1n) is 5.87. The van der Waals surface area contributed by atoms with E-state index in [0.717, 1.165) is 5.69 Å². The number of aromatic amines is 1. The zero-order chi connectivity index (χ0) is 13.3. The molecule has 1 heterocycles. The van der Waals surface area contributed by atoms with Crippen LogP contribution in [0.1, 0.15) is 20.8 Å². The molecule has 0 radical (unpaired) electrons. The lowest BCUT2D eigenvalue weighted by atomic mass is 10.00. The van der Waals surface area contributed by atoms with E-state index in [1.807, 2.05) is 32.9 Å². The summed E-state index contributed by atoms with van der Waals surface area (Å²) in [4.78, 5) is 13.7. The summed E-state index contributed by atoms with van der Waals surface area (Å²) in [6.45, 7) is 6.08. The molecule has 98 valence electrons. The molecule has 0 saturated carbocycles. The van der Waals surface area contributed by atoms with E-state index < -0.39 is 5.76 Å². The Morgan fingerprint density at radius 2 is 2.17 bits per heavy atom. The molecule has 1 unspecified atom stereocenters. The summed E-state index contributed by atoms with van der Waals surface area (Å²) in [5.74, 6) is -0.438. The number of hydrogen-bond acceptors (Lipinski definition) is 4. The van der Waals surface area contributed by atoms with Gasteiger partial charge >= 0.3 is 5.76 Å². The van der Waals surface area contributed by atoms with Gasteiger partial charge in [0.2, 0.25) is 0 Å². The van der Waals surface area contributed by atoms with Gasteiger partial charge in [-0.1, -0.05) is 0 Å². The van der Waals surface area contributed by atoms with Gasteiger partial charge in [-0.05, 0) is 39.0 Å². The molecule has 5 nitrogen and oxygen atoms in total. The third-order valence-electron chi connectivity index (χ3n) is 3.37. The highest BCUT2D eigenvalue weighted by Gasteiger charge is 2.25. The number of hydrogen-bond donors (Lipinski definition) is 2. The van der Waals surface area contributed by atoms with Crippen LogP contribution in [0, 0.1) is 0 Å². The van der Waals surface area contributed by atoms with Crippen LogP contribution in [0.5, 0.6) is 0 Å². The van der Waals surface area contributed by atoms with E-state index in [0.29, 0.717) is 11.1 Å². The first-order valence-corrected chi connectivity index (χ1v) is 5.87. The fourth-order valence-corrected chi connectivity index (χ4v) is 1.64. The minimum atomic E-state index is -0.438. The molecule has 5 heteroatoms. The minimum Gasteiger partial charge on any atom is -0.408 e. The zero-order valence-electron chi connectivity index (χ0n) is 11.0. The molecule has 1 aromatic heterocycles. The van der Waals surface area contributed by atoms with Gasteiger partial charge in [0.25, 0.3) is 0 Å². The summed E-state index contributed by atoms with van der Waals surface area (Å²) >= 11 is 0. The largest absolute Gasteiger partial charge is 0.417 e. The van der Waals surface area contributed by atoms with Crippen LogP contribution in [0.2, 0.25) is 0 Å². The smallest absolute Gasteiger partial charge is 0.408 e. The first-order chi connectivity index (χ1) is 8.42. The van der Waals surface area contributed by atoms with Crippen molar-refractivity contribution >= 4 is 16.8 Å². The van der Waals surface area contributed by atoms with Crippen LogP contribution in [-0.2, 0) is 4.74 Å². The number of ether oxygens (including phenoxy) is 1. The second kappa shape index (κ2) is 4.49. The van der Waals surface area contributed by atoms with Crippen LogP contribution in [0.15, 0.2) is 27.4 Å². The van der Waals surface area contributed by atoms with Crippen LogP contribution in [-0.4, -0.2) is 23.7 Å². The SMILES string of the molecule is COC(C)(C)C(C)Nc1ccc2oc(=O)[nH]c2c1. The minimum absolute atomic E-state index is 0.124. The van der Waals surface area contributed by atoms with Crippen molar-refractivity contribution in [2.75, 3.05) is 12.4 Å². The average Bonchev–Trinajstić information content (AvgIpc) is 2.68. The third-order valence-corrected chi connectivity index (χ3v) is 3.37. The van der Waals surface area contributed by atoms with E-state index in [9.17, 15) is 4.79 Å². The Hall–Kier alpha value is -1.75. The lowest BCUT2D eigenvalue weighted by Crippen LogP contribution is -2.41. The van der Waals surface area contributed by atoms with Crippen LogP contribution in [0.4, 0.5) is 5.69 Å². The average molecular weight is 250 g/mol. The molecule has 0 spiro atoms. The molecular formula is C13H18N2O3. The van der Waals surface area contributed by atoms with Gasteiger partial charge < -0.3 is 14.5 Å². The lowest BCUT2D eigenvalue weighted by Gasteiger charge is -2.31. The maximum Gasteiger partial charge on any atom is 0.417 e. The van der Waals surface area contributed by atoms with Gasteiger partial charge in [-0.2, -0.15) is 0 Å². The van der Waals surface area contributed by atoms with Crippen molar-refractivity contribution in [3.63, 3.8) is 0 Å². The Morgan fingerprint density at radius 1 is 1.44 bits per heavy atom. The molecule has 0 fully saturated rings. The number of methoxy groups -OCH3 is 1. The Bertz CT molecular complexity index is 598. The number of nitrogens with one attached hydrogen (secondary N) is 2. The molecular weight excluding hydrogens is 232 g/mol. The Morgan fingerprint density at radius 3 is 2.83 bits per heavy atom. The molecule has 0 bridgehead atoms. The number of fused-ring (bicyclic) bond motifs is 1. The van der Waals surface area contributed by atoms with E-state index in [1.54, 1.807) is 13.2 Å². The van der Waals surface area contributed by atoms with Gasteiger partial charge in [-0.15, -0.1) is 0 Å². The van der Waals surface area contributed by atoms with Crippen molar-refractivity contribution in [3.8, 4) is 0 Å². The molecule has 0 aliphatic carbocycles. The number of rotatable bonds is 4. The summed E-state index contributed by atoms with van der Waals surface area (Å²) < 4.78 is 10.4. The topological polar surface area (TPSA) is 67.3 Å². The van der Waals surface area contributed by atoms with Crippen LogP contribution in [0.3, 0.4) is 0 Å². The van der Waals surface area contributed by atoms with Gasteiger partial charge in [0.15, 0.2) is 5.58 Å². The van der Waals surface area contributed by atoms with E-state index in [-0.39, 0.29) is 11.6 Å². The number of anilines is 1. The Labute approximate surface area is 105 Å². The fourth-order valence-electron chi connectivity index (χ4n) is 1.64. The van der Waals surface area contributed by atoms with Crippen molar-refractivity contribution in [1.29, 1.82) is 0 Å². The normalized spacial score (nSPS) is 13.8. The molecule has 1 aromatic carbocycles. The molecule has 0 aliphatic rings. The molecule has 2 aromatic rings. The fraction of sp³-hybridized carbons (Fsp3) is 0.462. The third kappa shape index (κ3) is 2.41. The zero-order valence-corrected chi connectivity index (χ0v) is 11.0. The standard InChI is InChI=1S/C13H18N2O3/c1-8(13(2,3)17-4)14-9-5-6-11-10(7-9)15-12(16)18-11/h5-8,14H,1-4H3,(H,15,16). The molecule has 2 rings (SSSR count). The van der Waals surface area contributed by atoms with Crippen molar-refractivity contribution in [1.82, 2.24) is 4.98 Å². The summed E-state index contributed by atoms with van der Waals surface area (Å²) in [5, 5.41) is 3.35. The van der Waals surface area contributed by atoms with Gasteiger partial charge in [-0.3, -0.25) is 4.98 Å². The summed E-state index contributed by atoms with van der Waals surface area (Å²) in [7, 11) is 1.69. The molecule has 0 saturated heterocycles. The second-order valence-electron chi connectivity index (χ2n) is 4.90. The van der Waals surface area contributed by atoms with Crippen LogP contribution < -0.4 is 11.1 Å². The quantitative estimate of drug-likeness (QED) is 0.874.